The number of amides is 3. The Bertz CT molecular complexity index is 625. The highest BCUT2D eigenvalue weighted by molar-refractivity contribution is 5.94. The molecule has 150 valence electrons. The Hall–Kier alpha value is -2.08. The molecular weight excluding hydrogens is 342 g/mol. The van der Waals surface area contributed by atoms with Crippen molar-refractivity contribution in [2.75, 3.05) is 26.8 Å². The SMILES string of the molecule is COCCCNC(=O)NCC1CCC(Cc2cc(C)ccc2C(N)=O)CC1. The molecule has 27 heavy (non-hydrogen) atoms. The lowest BCUT2D eigenvalue weighted by Gasteiger charge is -2.29. The third-order valence-electron chi connectivity index (χ3n) is 5.36. The van der Waals surface area contributed by atoms with Gasteiger partial charge in [0.1, 0.15) is 0 Å². The molecule has 1 aromatic rings. The fourth-order valence-corrected chi connectivity index (χ4v) is 3.80. The van der Waals surface area contributed by atoms with Crippen LogP contribution in [-0.2, 0) is 11.2 Å². The monoisotopic (exact) mass is 375 g/mol. The minimum absolute atomic E-state index is 0.0981. The second kappa shape index (κ2) is 10.9. The zero-order valence-corrected chi connectivity index (χ0v) is 16.6. The van der Waals surface area contributed by atoms with Crippen LogP contribution in [0.15, 0.2) is 18.2 Å². The molecular formula is C21H33N3O3. The van der Waals surface area contributed by atoms with Gasteiger partial charge in [-0.05, 0) is 68.9 Å². The van der Waals surface area contributed by atoms with Crippen molar-refractivity contribution in [2.24, 2.45) is 17.6 Å². The molecule has 1 fully saturated rings. The Balaban J connectivity index is 1.72. The number of primary amides is 1. The van der Waals surface area contributed by atoms with Gasteiger partial charge in [0.05, 0.1) is 0 Å². The van der Waals surface area contributed by atoms with Gasteiger partial charge in [-0.15, -0.1) is 0 Å². The molecule has 3 amide bonds. The van der Waals surface area contributed by atoms with Crippen LogP contribution in [0.2, 0.25) is 0 Å². The number of hydrogen-bond donors (Lipinski definition) is 3. The molecule has 4 N–H and O–H groups in total. The molecule has 0 bridgehead atoms. The molecule has 1 aliphatic carbocycles. The number of hydrogen-bond acceptors (Lipinski definition) is 3. The highest BCUT2D eigenvalue weighted by atomic mass is 16.5. The summed E-state index contributed by atoms with van der Waals surface area (Å²) >= 11 is 0. The van der Waals surface area contributed by atoms with Crippen molar-refractivity contribution in [3.8, 4) is 0 Å². The fraction of sp³-hybridized carbons (Fsp3) is 0.619. The van der Waals surface area contributed by atoms with Crippen LogP contribution in [-0.4, -0.2) is 38.7 Å². The number of aryl methyl sites for hydroxylation is 1. The van der Waals surface area contributed by atoms with Crippen molar-refractivity contribution in [3.05, 3.63) is 34.9 Å². The second-order valence-corrected chi connectivity index (χ2v) is 7.60. The van der Waals surface area contributed by atoms with Crippen LogP contribution < -0.4 is 16.4 Å². The van der Waals surface area contributed by atoms with Gasteiger partial charge in [-0.2, -0.15) is 0 Å². The number of rotatable bonds is 9. The minimum atomic E-state index is -0.348. The molecule has 6 nitrogen and oxygen atoms in total. The summed E-state index contributed by atoms with van der Waals surface area (Å²) in [5, 5.41) is 5.82. The van der Waals surface area contributed by atoms with Gasteiger partial charge in [0.2, 0.25) is 5.91 Å². The number of urea groups is 1. The maximum absolute atomic E-state index is 11.8. The van der Waals surface area contributed by atoms with Crippen LogP contribution in [0.4, 0.5) is 4.79 Å². The van der Waals surface area contributed by atoms with E-state index in [-0.39, 0.29) is 11.9 Å². The number of ether oxygens (including phenoxy) is 1. The highest BCUT2D eigenvalue weighted by Gasteiger charge is 2.23. The lowest BCUT2D eigenvalue weighted by atomic mass is 9.78. The van der Waals surface area contributed by atoms with E-state index >= 15 is 0 Å². The lowest BCUT2D eigenvalue weighted by molar-refractivity contribution is 0.0999. The summed E-state index contributed by atoms with van der Waals surface area (Å²) in [6.07, 6.45) is 6.17. The topological polar surface area (TPSA) is 93.4 Å². The van der Waals surface area contributed by atoms with E-state index in [1.807, 2.05) is 19.1 Å². The van der Waals surface area contributed by atoms with Gasteiger partial charge in [0, 0.05) is 32.4 Å². The van der Waals surface area contributed by atoms with Crippen LogP contribution in [0.3, 0.4) is 0 Å². The second-order valence-electron chi connectivity index (χ2n) is 7.60. The van der Waals surface area contributed by atoms with Gasteiger partial charge in [-0.1, -0.05) is 17.7 Å². The first-order chi connectivity index (χ1) is 13.0. The summed E-state index contributed by atoms with van der Waals surface area (Å²) in [5.41, 5.74) is 8.39. The van der Waals surface area contributed by atoms with E-state index in [2.05, 4.69) is 16.7 Å². The van der Waals surface area contributed by atoms with Gasteiger partial charge in [-0.3, -0.25) is 4.79 Å². The van der Waals surface area contributed by atoms with E-state index in [4.69, 9.17) is 10.5 Å². The molecule has 6 heteroatoms. The molecule has 0 radical (unpaired) electrons. The number of carbonyl (C=O) groups is 2. The Labute approximate surface area is 162 Å². The van der Waals surface area contributed by atoms with Crippen molar-refractivity contribution in [1.29, 1.82) is 0 Å². The Morgan fingerprint density at radius 3 is 2.52 bits per heavy atom. The van der Waals surface area contributed by atoms with E-state index in [1.54, 1.807) is 7.11 Å². The molecule has 0 saturated heterocycles. The van der Waals surface area contributed by atoms with E-state index < -0.39 is 0 Å². The molecule has 0 aliphatic heterocycles. The van der Waals surface area contributed by atoms with Gasteiger partial charge in [0.15, 0.2) is 0 Å². The van der Waals surface area contributed by atoms with Crippen LogP contribution in [0.5, 0.6) is 0 Å². The predicted octanol–water partition coefficient (Wildman–Crippen LogP) is 2.78. The average Bonchev–Trinajstić information content (AvgIpc) is 2.64. The molecule has 0 heterocycles. The van der Waals surface area contributed by atoms with Crippen molar-refractivity contribution in [1.82, 2.24) is 10.6 Å². The zero-order valence-electron chi connectivity index (χ0n) is 16.6. The van der Waals surface area contributed by atoms with E-state index in [1.165, 1.54) is 0 Å². The van der Waals surface area contributed by atoms with E-state index in [0.29, 0.717) is 30.6 Å². The Kier molecular flexibility index (Phi) is 8.58. The summed E-state index contributed by atoms with van der Waals surface area (Å²) in [6, 6.07) is 5.76. The Morgan fingerprint density at radius 2 is 1.85 bits per heavy atom. The standard InChI is InChI=1S/C21H33N3O3/c1-15-4-9-19(20(22)25)18(12-15)13-16-5-7-17(8-6-16)14-24-21(26)23-10-3-11-27-2/h4,9,12,16-17H,3,5-8,10-11,13-14H2,1-2H3,(H2,22,25)(H2,23,24,26). The summed E-state index contributed by atoms with van der Waals surface area (Å²) in [7, 11) is 1.66. The first-order valence-corrected chi connectivity index (χ1v) is 9.89. The maximum Gasteiger partial charge on any atom is 0.314 e. The third kappa shape index (κ3) is 7.21. The smallest absolute Gasteiger partial charge is 0.314 e. The van der Waals surface area contributed by atoms with Gasteiger partial charge in [0.25, 0.3) is 0 Å². The molecule has 1 saturated carbocycles. The third-order valence-corrected chi connectivity index (χ3v) is 5.36. The molecule has 0 spiro atoms. The molecule has 1 aliphatic rings. The number of nitrogens with two attached hydrogens (primary N) is 1. The first-order valence-electron chi connectivity index (χ1n) is 9.89. The predicted molar refractivity (Wildman–Crippen MR) is 107 cm³/mol. The quantitative estimate of drug-likeness (QED) is 0.579. The largest absolute Gasteiger partial charge is 0.385 e. The highest BCUT2D eigenvalue weighted by Crippen LogP contribution is 2.31. The van der Waals surface area contributed by atoms with Crippen LogP contribution in [0.25, 0.3) is 0 Å². The summed E-state index contributed by atoms with van der Waals surface area (Å²) in [4.78, 5) is 23.4. The fourth-order valence-electron chi connectivity index (χ4n) is 3.80. The maximum atomic E-state index is 11.8. The first kappa shape index (κ1) is 21.2. The molecule has 0 aromatic heterocycles. The van der Waals surface area contributed by atoms with Gasteiger partial charge in [-0.25, -0.2) is 4.79 Å². The molecule has 0 atom stereocenters. The van der Waals surface area contributed by atoms with Gasteiger partial charge < -0.3 is 21.1 Å². The number of benzene rings is 1. The number of methoxy groups -OCH3 is 1. The molecule has 0 unspecified atom stereocenters. The molecule has 1 aromatic carbocycles. The summed E-state index contributed by atoms with van der Waals surface area (Å²) in [6.45, 7) is 4.05. The minimum Gasteiger partial charge on any atom is -0.385 e. The van der Waals surface area contributed by atoms with Crippen LogP contribution in [0, 0.1) is 18.8 Å². The van der Waals surface area contributed by atoms with Crippen molar-refractivity contribution in [2.45, 2.75) is 45.4 Å². The lowest BCUT2D eigenvalue weighted by Crippen LogP contribution is -2.39. The normalized spacial score (nSPS) is 19.5. The summed E-state index contributed by atoms with van der Waals surface area (Å²) in [5.74, 6) is 0.752. The van der Waals surface area contributed by atoms with Crippen LogP contribution >= 0.6 is 0 Å². The Morgan fingerprint density at radius 1 is 1.15 bits per heavy atom. The zero-order chi connectivity index (χ0) is 19.6. The average molecular weight is 376 g/mol. The van der Waals surface area contributed by atoms with Crippen LogP contribution in [0.1, 0.15) is 53.6 Å². The van der Waals surface area contributed by atoms with Crippen molar-refractivity contribution >= 4 is 11.9 Å². The van der Waals surface area contributed by atoms with E-state index in [0.717, 1.165) is 56.2 Å². The van der Waals surface area contributed by atoms with Crippen molar-refractivity contribution in [3.63, 3.8) is 0 Å². The number of nitrogens with one attached hydrogen (secondary N) is 2. The summed E-state index contributed by atoms with van der Waals surface area (Å²) < 4.78 is 4.96. The van der Waals surface area contributed by atoms with Crippen molar-refractivity contribution < 1.29 is 14.3 Å². The molecule has 2 rings (SSSR count). The number of carbonyl (C=O) groups excluding carboxylic acids is 2. The van der Waals surface area contributed by atoms with Gasteiger partial charge >= 0.3 is 6.03 Å². The van der Waals surface area contributed by atoms with E-state index in [9.17, 15) is 9.59 Å².